The van der Waals surface area contributed by atoms with Crippen molar-refractivity contribution in [3.8, 4) is 0 Å². The number of carbonyl (C=O) groups is 2. The first-order valence-corrected chi connectivity index (χ1v) is 4.46. The van der Waals surface area contributed by atoms with Gasteiger partial charge in [-0.25, -0.2) is 4.79 Å². The van der Waals surface area contributed by atoms with Crippen LogP contribution in [0, 0.1) is 0 Å². The smallest absolute Gasteiger partial charge is 0.317 e. The molecule has 0 aromatic heterocycles. The molecule has 0 fully saturated rings. The molecule has 0 aliphatic rings. The summed E-state index contributed by atoms with van der Waals surface area (Å²) in [4.78, 5) is 23.0. The number of nitrogens with zero attached hydrogens (tertiary/aromatic N) is 1. The van der Waals surface area contributed by atoms with Crippen molar-refractivity contribution in [1.29, 1.82) is 0 Å². The van der Waals surface area contributed by atoms with Gasteiger partial charge in [-0.1, -0.05) is 0 Å². The van der Waals surface area contributed by atoms with Crippen LogP contribution in [0.25, 0.3) is 0 Å². The summed E-state index contributed by atoms with van der Waals surface area (Å²) < 4.78 is 0. The third-order valence-electron chi connectivity index (χ3n) is 1.82. The van der Waals surface area contributed by atoms with E-state index in [0.717, 1.165) is 0 Å². The molecule has 0 saturated carbocycles. The highest BCUT2D eigenvalue weighted by Gasteiger charge is 2.21. The van der Waals surface area contributed by atoms with E-state index in [9.17, 15) is 9.59 Å². The summed E-state index contributed by atoms with van der Waals surface area (Å²) in [5.41, 5.74) is -0.486. The van der Waals surface area contributed by atoms with Crippen LogP contribution < -0.4 is 5.32 Å². The molecule has 0 rings (SSSR count). The highest BCUT2D eigenvalue weighted by Crippen LogP contribution is 2.11. The van der Waals surface area contributed by atoms with Crippen LogP contribution in [0.3, 0.4) is 0 Å². The number of aliphatic carboxylic acids is 1. The maximum Gasteiger partial charge on any atom is 0.317 e. The van der Waals surface area contributed by atoms with E-state index in [-0.39, 0.29) is 12.5 Å². The SMILES string of the molecule is CN(C)C(=O)NC(C)(C)CCC(=O)O. The number of nitrogens with one attached hydrogen (secondary N) is 1. The molecule has 5 nitrogen and oxygen atoms in total. The van der Waals surface area contributed by atoms with Gasteiger partial charge in [-0.15, -0.1) is 0 Å². The Kier molecular flexibility index (Phi) is 4.40. The molecule has 0 atom stereocenters. The second-order valence-corrected chi connectivity index (χ2v) is 4.10. The standard InChI is InChI=1S/C9H18N2O3/c1-9(2,6-5-7(12)13)10-8(14)11(3)4/h5-6H2,1-4H3,(H,10,14)(H,12,13). The van der Waals surface area contributed by atoms with Crippen molar-refractivity contribution in [2.75, 3.05) is 14.1 Å². The van der Waals surface area contributed by atoms with Crippen molar-refractivity contribution >= 4 is 12.0 Å². The van der Waals surface area contributed by atoms with Gasteiger partial charge in [0.1, 0.15) is 0 Å². The van der Waals surface area contributed by atoms with E-state index < -0.39 is 11.5 Å². The summed E-state index contributed by atoms with van der Waals surface area (Å²) in [6.07, 6.45) is 0.475. The van der Waals surface area contributed by atoms with Crippen LogP contribution in [-0.4, -0.2) is 41.6 Å². The number of rotatable bonds is 4. The van der Waals surface area contributed by atoms with Gasteiger partial charge in [0.15, 0.2) is 0 Å². The lowest BCUT2D eigenvalue weighted by Crippen LogP contribution is -2.48. The quantitative estimate of drug-likeness (QED) is 0.711. The lowest BCUT2D eigenvalue weighted by Gasteiger charge is -2.27. The van der Waals surface area contributed by atoms with E-state index in [1.165, 1.54) is 4.90 Å². The second kappa shape index (κ2) is 4.83. The highest BCUT2D eigenvalue weighted by molar-refractivity contribution is 5.74. The van der Waals surface area contributed by atoms with Gasteiger partial charge >= 0.3 is 12.0 Å². The van der Waals surface area contributed by atoms with Gasteiger partial charge in [-0.05, 0) is 20.3 Å². The van der Waals surface area contributed by atoms with Gasteiger partial charge in [0.2, 0.25) is 0 Å². The van der Waals surface area contributed by atoms with Crippen LogP contribution in [0.15, 0.2) is 0 Å². The third kappa shape index (κ3) is 5.40. The van der Waals surface area contributed by atoms with Crippen molar-refractivity contribution in [3.63, 3.8) is 0 Å². The molecule has 0 radical (unpaired) electrons. The maximum absolute atomic E-state index is 11.3. The van der Waals surface area contributed by atoms with Crippen LogP contribution in [0.2, 0.25) is 0 Å². The zero-order chi connectivity index (χ0) is 11.4. The molecule has 0 bridgehead atoms. The van der Waals surface area contributed by atoms with Gasteiger partial charge in [0.25, 0.3) is 0 Å². The fourth-order valence-electron chi connectivity index (χ4n) is 0.883. The molecule has 5 heteroatoms. The number of urea groups is 1. The van der Waals surface area contributed by atoms with Crippen molar-refractivity contribution in [2.24, 2.45) is 0 Å². The summed E-state index contributed by atoms with van der Waals surface area (Å²) in [7, 11) is 3.28. The van der Waals surface area contributed by atoms with E-state index in [1.807, 2.05) is 0 Å². The van der Waals surface area contributed by atoms with Crippen LogP contribution in [-0.2, 0) is 4.79 Å². The second-order valence-electron chi connectivity index (χ2n) is 4.10. The lowest BCUT2D eigenvalue weighted by molar-refractivity contribution is -0.137. The zero-order valence-electron chi connectivity index (χ0n) is 9.13. The molecule has 0 saturated heterocycles. The van der Waals surface area contributed by atoms with E-state index in [0.29, 0.717) is 6.42 Å². The Balaban J connectivity index is 4.06. The number of carboxylic acid groups (broad SMARTS) is 1. The summed E-state index contributed by atoms with van der Waals surface area (Å²) in [6.45, 7) is 3.61. The largest absolute Gasteiger partial charge is 0.481 e. The number of carboxylic acids is 1. The van der Waals surface area contributed by atoms with Crippen molar-refractivity contribution in [3.05, 3.63) is 0 Å². The Hall–Kier alpha value is -1.26. The van der Waals surface area contributed by atoms with E-state index >= 15 is 0 Å². The number of hydrogen-bond acceptors (Lipinski definition) is 2. The summed E-state index contributed by atoms with van der Waals surface area (Å²) in [6, 6.07) is -0.208. The Bertz CT molecular complexity index is 224. The first kappa shape index (κ1) is 12.7. The van der Waals surface area contributed by atoms with Gasteiger partial charge < -0.3 is 15.3 Å². The van der Waals surface area contributed by atoms with Crippen LogP contribution in [0.5, 0.6) is 0 Å². The average molecular weight is 202 g/mol. The fourth-order valence-corrected chi connectivity index (χ4v) is 0.883. The zero-order valence-corrected chi connectivity index (χ0v) is 9.13. The normalized spacial score (nSPS) is 10.9. The molecule has 82 valence electrons. The molecular formula is C9H18N2O3. The van der Waals surface area contributed by atoms with E-state index in [1.54, 1.807) is 27.9 Å². The predicted octanol–water partition coefficient (Wildman–Crippen LogP) is 0.901. The van der Waals surface area contributed by atoms with Gasteiger partial charge in [0, 0.05) is 26.1 Å². The summed E-state index contributed by atoms with van der Waals surface area (Å²) in [5.74, 6) is -0.850. The van der Waals surface area contributed by atoms with Gasteiger partial charge in [-0.3, -0.25) is 4.79 Å². The predicted molar refractivity (Wildman–Crippen MR) is 53.2 cm³/mol. The average Bonchev–Trinajstić information content (AvgIpc) is 2.00. The Morgan fingerprint density at radius 1 is 1.36 bits per heavy atom. The monoisotopic (exact) mass is 202 g/mol. The first-order valence-electron chi connectivity index (χ1n) is 4.46. The summed E-state index contributed by atoms with van der Waals surface area (Å²) >= 11 is 0. The molecule has 0 aromatic carbocycles. The fraction of sp³-hybridized carbons (Fsp3) is 0.778. The highest BCUT2D eigenvalue weighted by atomic mass is 16.4. The third-order valence-corrected chi connectivity index (χ3v) is 1.82. The molecular weight excluding hydrogens is 184 g/mol. The molecule has 0 aliphatic carbocycles. The van der Waals surface area contributed by atoms with Crippen molar-refractivity contribution in [2.45, 2.75) is 32.2 Å². The maximum atomic E-state index is 11.3. The van der Waals surface area contributed by atoms with Gasteiger partial charge in [-0.2, -0.15) is 0 Å². The number of amides is 2. The number of carbonyl (C=O) groups excluding carboxylic acids is 1. The van der Waals surface area contributed by atoms with Gasteiger partial charge in [0.05, 0.1) is 0 Å². The van der Waals surface area contributed by atoms with Crippen molar-refractivity contribution in [1.82, 2.24) is 10.2 Å². The molecule has 0 unspecified atom stereocenters. The van der Waals surface area contributed by atoms with E-state index in [2.05, 4.69) is 5.32 Å². The van der Waals surface area contributed by atoms with Crippen LogP contribution >= 0.6 is 0 Å². The summed E-state index contributed by atoms with van der Waals surface area (Å²) in [5, 5.41) is 11.2. The molecule has 0 heterocycles. The minimum atomic E-state index is -0.850. The molecule has 0 spiro atoms. The molecule has 2 N–H and O–H groups in total. The number of hydrogen-bond donors (Lipinski definition) is 2. The molecule has 2 amide bonds. The molecule has 14 heavy (non-hydrogen) atoms. The first-order chi connectivity index (χ1) is 6.24. The Morgan fingerprint density at radius 3 is 2.21 bits per heavy atom. The minimum absolute atomic E-state index is 0.0563. The van der Waals surface area contributed by atoms with Crippen molar-refractivity contribution < 1.29 is 14.7 Å². The minimum Gasteiger partial charge on any atom is -0.481 e. The topological polar surface area (TPSA) is 69.6 Å². The Labute approximate surface area is 84.1 Å². The Morgan fingerprint density at radius 2 is 1.86 bits per heavy atom. The van der Waals surface area contributed by atoms with E-state index in [4.69, 9.17) is 5.11 Å². The lowest BCUT2D eigenvalue weighted by atomic mass is 9.99. The molecule has 0 aliphatic heterocycles. The molecule has 0 aromatic rings. The van der Waals surface area contributed by atoms with Crippen LogP contribution in [0.1, 0.15) is 26.7 Å². The van der Waals surface area contributed by atoms with Crippen LogP contribution in [0.4, 0.5) is 4.79 Å².